The van der Waals surface area contributed by atoms with Crippen LogP contribution in [0.1, 0.15) is 68.3 Å². The molecule has 0 spiro atoms. The number of anilines is 1. The summed E-state index contributed by atoms with van der Waals surface area (Å²) >= 11 is 0. The van der Waals surface area contributed by atoms with Gasteiger partial charge in [0.05, 0.1) is 39.9 Å². The first-order valence-electron chi connectivity index (χ1n) is 24.1. The fourth-order valence-corrected chi connectivity index (χ4v) is 11.1. The number of hydrogen-bond donors (Lipinski definition) is 4. The van der Waals surface area contributed by atoms with E-state index in [0.29, 0.717) is 22.6 Å². The van der Waals surface area contributed by atoms with E-state index in [9.17, 15) is 28.6 Å². The largest absolute Gasteiger partial charge is 0.497 e. The summed E-state index contributed by atoms with van der Waals surface area (Å²) in [6, 6.07) is 24.2. The van der Waals surface area contributed by atoms with Crippen LogP contribution in [-0.2, 0) is 42.6 Å². The molecule has 1 amide bonds. The van der Waals surface area contributed by atoms with Crippen molar-refractivity contribution in [1.29, 1.82) is 0 Å². The SMILES string of the molecule is C=CCOC(=O)Nc1nc2c(ncn2[C@H]2C[C@H](OP(=O)(O)OC[C@H]3O[C@@H](n4cc(C)c(=O)[nH]c4=O)C[C@@H]3O[Si](C)(C)C(C)(C)C)[C@@H](COC(c3ccccc3)(c3ccc(OC)cc3)c3ccc(OC)cc3)O2)c(=O)[nH]1. The molecule has 2 fully saturated rings. The number of aromatic amines is 2. The molecule has 0 bridgehead atoms. The minimum absolute atomic E-state index is 0.000815. The summed E-state index contributed by atoms with van der Waals surface area (Å²) in [5.74, 6) is 0.962. The number of carbonyl (C=O) groups excluding carboxylic acids is 1. The van der Waals surface area contributed by atoms with Gasteiger partial charge in [-0.1, -0.05) is 88.0 Å². The number of phosphoric acid groups is 1. The number of benzene rings is 3. The van der Waals surface area contributed by atoms with Gasteiger partial charge >= 0.3 is 19.6 Å². The van der Waals surface area contributed by atoms with Crippen LogP contribution in [-0.4, -0.2) is 107 Å². The van der Waals surface area contributed by atoms with Crippen molar-refractivity contribution in [3.63, 3.8) is 0 Å². The molecule has 6 aromatic rings. The molecule has 75 heavy (non-hydrogen) atoms. The molecule has 0 radical (unpaired) electrons. The molecule has 8 rings (SSSR count). The van der Waals surface area contributed by atoms with Crippen LogP contribution < -0.4 is 31.6 Å². The number of H-pyrrole nitrogens is 2. The van der Waals surface area contributed by atoms with E-state index in [1.165, 1.54) is 27.7 Å². The van der Waals surface area contributed by atoms with Gasteiger partial charge in [-0.2, -0.15) is 4.98 Å². The average molecular weight is 1070 g/mol. The molecule has 2 saturated heterocycles. The first-order valence-corrected chi connectivity index (χ1v) is 28.5. The first kappa shape index (κ1) is 54.7. The number of ether oxygens (including phenoxy) is 6. The molecule has 0 saturated carbocycles. The number of nitrogens with one attached hydrogen (secondary N) is 3. The number of phosphoric ester groups is 1. The third-order valence-corrected chi connectivity index (χ3v) is 19.2. The van der Waals surface area contributed by atoms with Gasteiger partial charge in [0.15, 0.2) is 19.5 Å². The summed E-state index contributed by atoms with van der Waals surface area (Å²) in [4.78, 5) is 76.4. The zero-order valence-electron chi connectivity index (χ0n) is 42.8. The number of aromatic nitrogens is 6. The zero-order chi connectivity index (χ0) is 53.9. The lowest BCUT2D eigenvalue weighted by molar-refractivity contribution is -0.0939. The molecule has 0 aliphatic carbocycles. The van der Waals surface area contributed by atoms with E-state index in [0.717, 1.165) is 5.56 Å². The second kappa shape index (κ2) is 22.4. The Morgan fingerprint density at radius 2 is 1.45 bits per heavy atom. The van der Waals surface area contributed by atoms with E-state index in [2.05, 4.69) is 52.6 Å². The minimum atomic E-state index is -5.07. The van der Waals surface area contributed by atoms with E-state index in [1.807, 2.05) is 92.0 Å². The van der Waals surface area contributed by atoms with Crippen molar-refractivity contribution in [3.05, 3.63) is 157 Å². The second-order valence-corrected chi connectivity index (χ2v) is 25.8. The normalized spacial score (nSPS) is 20.9. The predicted octanol–water partition coefficient (Wildman–Crippen LogP) is 7.21. The number of amides is 1. The molecule has 7 atom stereocenters. The maximum absolute atomic E-state index is 14.4. The van der Waals surface area contributed by atoms with Crippen LogP contribution >= 0.6 is 7.82 Å². The molecule has 24 heteroatoms. The third kappa shape index (κ3) is 12.0. The van der Waals surface area contributed by atoms with Crippen LogP contribution in [0.15, 0.2) is 118 Å². The van der Waals surface area contributed by atoms with Gasteiger partial charge in [0, 0.05) is 24.6 Å². The Bertz CT molecular complexity index is 3170. The van der Waals surface area contributed by atoms with Crippen LogP contribution in [0.5, 0.6) is 11.5 Å². The zero-order valence-corrected chi connectivity index (χ0v) is 44.7. The smallest absolute Gasteiger partial charge is 0.472 e. The van der Waals surface area contributed by atoms with Crippen LogP contribution in [0.3, 0.4) is 0 Å². The van der Waals surface area contributed by atoms with Crippen molar-refractivity contribution in [1.82, 2.24) is 29.1 Å². The quantitative estimate of drug-likeness (QED) is 0.0255. The summed E-state index contributed by atoms with van der Waals surface area (Å²) < 4.78 is 72.2. The predicted molar refractivity (Wildman–Crippen MR) is 277 cm³/mol. The number of rotatable bonds is 20. The summed E-state index contributed by atoms with van der Waals surface area (Å²) in [7, 11) is -4.46. The molecule has 1 unspecified atom stereocenters. The van der Waals surface area contributed by atoms with Crippen molar-refractivity contribution in [2.45, 2.75) is 101 Å². The standard InChI is InChI=1S/C51H62N7O15PSi/c1-10-24-67-49(62)56-47-53-44-43(46(60)54-47)52-30-58(44)42-25-37(72-74(63,64)69-29-40-38(73-75(8,9)50(3,4)5)26-41(71-40)57-27-31(2)45(59)55-48(57)61)39(70-42)28-68-51(32-14-12-11-13-15-32,33-16-20-35(65-6)21-17-33)34-18-22-36(66-7)23-19-34/h10-23,27,30,37-42H,1,24-26,28-29H2,2-9H3,(H,63,64)(H,55,59,61)(H2,53,54,56,60,62)/t37-,38-,39+,40+,41+,42+/m0/s1. The van der Waals surface area contributed by atoms with E-state index in [1.54, 1.807) is 21.1 Å². The molecule has 2 aliphatic rings. The third-order valence-electron chi connectivity index (χ3n) is 13.7. The Morgan fingerprint density at radius 3 is 2.05 bits per heavy atom. The molecule has 2 aliphatic heterocycles. The van der Waals surface area contributed by atoms with Crippen LogP contribution in [0.2, 0.25) is 18.1 Å². The highest BCUT2D eigenvalue weighted by Crippen LogP contribution is 2.51. The van der Waals surface area contributed by atoms with Crippen LogP contribution in [0, 0.1) is 6.92 Å². The van der Waals surface area contributed by atoms with Gasteiger partial charge in [0.2, 0.25) is 5.95 Å². The van der Waals surface area contributed by atoms with Gasteiger partial charge in [0.25, 0.3) is 11.1 Å². The molecule has 22 nitrogen and oxygen atoms in total. The summed E-state index contributed by atoms with van der Waals surface area (Å²) in [5, 5.41) is 2.15. The molecular weight excluding hydrogens is 1010 g/mol. The van der Waals surface area contributed by atoms with Crippen LogP contribution in [0.4, 0.5) is 10.7 Å². The van der Waals surface area contributed by atoms with E-state index < -0.39 is 88.1 Å². The highest BCUT2D eigenvalue weighted by atomic mass is 31.2. The fourth-order valence-electron chi connectivity index (χ4n) is 8.75. The lowest BCUT2D eigenvalue weighted by Gasteiger charge is -2.39. The Hall–Kier alpha value is -6.53. The van der Waals surface area contributed by atoms with Gasteiger partial charge in [0.1, 0.15) is 54.5 Å². The van der Waals surface area contributed by atoms with Gasteiger partial charge in [-0.15, -0.1) is 0 Å². The van der Waals surface area contributed by atoms with Gasteiger partial charge in [-0.05, 0) is 66.0 Å². The number of aryl methyl sites for hydroxylation is 1. The summed E-state index contributed by atoms with van der Waals surface area (Å²) in [6.07, 6.45) is -2.83. The number of carbonyl (C=O) groups is 1. The van der Waals surface area contributed by atoms with Gasteiger partial charge in [-0.3, -0.25) is 43.1 Å². The molecular formula is C51H62N7O15PSi. The molecule has 3 aromatic carbocycles. The van der Waals surface area contributed by atoms with Crippen molar-refractivity contribution in [3.8, 4) is 11.5 Å². The van der Waals surface area contributed by atoms with Crippen molar-refractivity contribution in [2.24, 2.45) is 0 Å². The monoisotopic (exact) mass is 1070 g/mol. The second-order valence-electron chi connectivity index (χ2n) is 19.6. The topological polar surface area (TPSA) is 268 Å². The molecule has 400 valence electrons. The maximum Gasteiger partial charge on any atom is 0.472 e. The molecule has 4 N–H and O–H groups in total. The average Bonchev–Trinajstić information content (AvgIpc) is 4.11. The highest BCUT2D eigenvalue weighted by molar-refractivity contribution is 7.47. The highest BCUT2D eigenvalue weighted by Gasteiger charge is 2.49. The summed E-state index contributed by atoms with van der Waals surface area (Å²) in [6.45, 7) is 14.5. The fraction of sp³-hybridized carbons (Fsp3) is 0.412. The van der Waals surface area contributed by atoms with Crippen LogP contribution in [0.25, 0.3) is 11.2 Å². The lowest BCUT2D eigenvalue weighted by atomic mass is 9.80. The number of methoxy groups -OCH3 is 2. The van der Waals surface area contributed by atoms with Gasteiger partial charge < -0.3 is 37.7 Å². The molecule has 5 heterocycles. The summed E-state index contributed by atoms with van der Waals surface area (Å²) in [5.41, 5.74) is -0.965. The Balaban J connectivity index is 1.14. The van der Waals surface area contributed by atoms with E-state index >= 15 is 0 Å². The maximum atomic E-state index is 14.4. The number of hydrogen-bond acceptors (Lipinski definition) is 16. The lowest BCUT2D eigenvalue weighted by Crippen LogP contribution is -2.46. The van der Waals surface area contributed by atoms with E-state index in [-0.39, 0.29) is 53.8 Å². The number of nitrogens with zero attached hydrogens (tertiary/aromatic N) is 4. The number of fused-ring (bicyclic) bond motifs is 1. The number of imidazole rings is 1. The Kier molecular flexibility index (Phi) is 16.3. The van der Waals surface area contributed by atoms with Crippen molar-refractivity contribution in [2.75, 3.05) is 39.4 Å². The van der Waals surface area contributed by atoms with E-state index in [4.69, 9.17) is 41.9 Å². The molecule has 3 aromatic heterocycles. The minimum Gasteiger partial charge on any atom is -0.497 e. The van der Waals surface area contributed by atoms with Crippen molar-refractivity contribution >= 4 is 39.3 Å². The van der Waals surface area contributed by atoms with Crippen molar-refractivity contribution < 1.29 is 56.1 Å². The Labute approximate surface area is 432 Å². The van der Waals surface area contributed by atoms with Gasteiger partial charge in [-0.25, -0.2) is 19.1 Å². The first-order chi connectivity index (χ1) is 35.6. The Morgan fingerprint density at radius 1 is 0.867 bits per heavy atom.